The highest BCUT2D eigenvalue weighted by atomic mass is 35.5. The lowest BCUT2D eigenvalue weighted by atomic mass is 10.1. The Labute approximate surface area is 241 Å². The zero-order valence-corrected chi connectivity index (χ0v) is 23.7. The normalized spacial score (nSPS) is 22.2. The number of benzene rings is 2. The van der Waals surface area contributed by atoms with Gasteiger partial charge in [-0.15, -0.1) is 0 Å². The smallest absolute Gasteiger partial charge is 0.253 e. The van der Waals surface area contributed by atoms with Crippen molar-refractivity contribution >= 4 is 38.9 Å². The molecule has 2 fully saturated rings. The van der Waals surface area contributed by atoms with Gasteiger partial charge in [0, 0.05) is 54.8 Å². The fourth-order valence-electron chi connectivity index (χ4n) is 4.81. The third kappa shape index (κ3) is 6.69. The van der Waals surface area contributed by atoms with Crippen molar-refractivity contribution in [3.63, 3.8) is 0 Å². The van der Waals surface area contributed by atoms with Crippen molar-refractivity contribution in [2.45, 2.75) is 24.9 Å². The van der Waals surface area contributed by atoms with Crippen LogP contribution in [0.15, 0.2) is 61.2 Å². The highest BCUT2D eigenvalue weighted by Crippen LogP contribution is 2.40. The Morgan fingerprint density at radius 2 is 1.85 bits per heavy atom. The van der Waals surface area contributed by atoms with Crippen molar-refractivity contribution < 1.29 is 31.4 Å². The van der Waals surface area contributed by atoms with Gasteiger partial charge in [-0.05, 0) is 36.4 Å². The number of imidazole rings is 1. The zero-order chi connectivity index (χ0) is 28.3. The van der Waals surface area contributed by atoms with Crippen LogP contribution in [0.4, 0.5) is 14.5 Å². The topological polar surface area (TPSA) is 86.1 Å². The van der Waals surface area contributed by atoms with Crippen molar-refractivity contribution in [1.29, 1.82) is 0 Å². The zero-order valence-electron chi connectivity index (χ0n) is 21.3. The highest BCUT2D eigenvalue weighted by Gasteiger charge is 2.45. The van der Waals surface area contributed by atoms with Gasteiger partial charge in [0.15, 0.2) is 0 Å². The van der Waals surface area contributed by atoms with E-state index in [0.717, 1.165) is 9.99 Å². The third-order valence-electron chi connectivity index (χ3n) is 6.76. The van der Waals surface area contributed by atoms with Gasteiger partial charge < -0.3 is 23.7 Å². The molecule has 0 amide bonds. The number of alkyl halides is 2. The lowest BCUT2D eigenvalue weighted by Gasteiger charge is -2.35. The SMILES string of the molecule is O=S(=O)(CC(F)F)N1CCN(c2ccc(OC[C@@H]3CO[C@@](Cn4ccnc4)(c4ccc(Cl)cc4Cl)O3)cc2)CC1. The van der Waals surface area contributed by atoms with Crippen molar-refractivity contribution in [2.24, 2.45) is 0 Å². The predicted octanol–water partition coefficient (Wildman–Crippen LogP) is 4.25. The van der Waals surface area contributed by atoms with E-state index < -0.39 is 28.0 Å². The lowest BCUT2D eigenvalue weighted by molar-refractivity contribution is -0.189. The molecule has 2 aromatic carbocycles. The Bertz CT molecular complexity index is 1390. The van der Waals surface area contributed by atoms with Crippen LogP contribution in [0.3, 0.4) is 0 Å². The summed E-state index contributed by atoms with van der Waals surface area (Å²) in [5, 5.41) is 0.934. The summed E-state index contributed by atoms with van der Waals surface area (Å²) in [5.74, 6) is -1.67. The van der Waals surface area contributed by atoms with Crippen molar-refractivity contribution in [1.82, 2.24) is 13.9 Å². The number of anilines is 1. The van der Waals surface area contributed by atoms with Crippen molar-refractivity contribution in [2.75, 3.05) is 50.0 Å². The quantitative estimate of drug-likeness (QED) is 0.336. The molecule has 0 unspecified atom stereocenters. The van der Waals surface area contributed by atoms with Crippen LogP contribution < -0.4 is 9.64 Å². The molecule has 0 bridgehead atoms. The highest BCUT2D eigenvalue weighted by molar-refractivity contribution is 7.89. The van der Waals surface area contributed by atoms with Gasteiger partial charge in [-0.2, -0.15) is 4.31 Å². The van der Waals surface area contributed by atoms with Crippen LogP contribution in [0.2, 0.25) is 10.0 Å². The maximum atomic E-state index is 12.6. The second kappa shape index (κ2) is 12.2. The Morgan fingerprint density at radius 1 is 1.10 bits per heavy atom. The van der Waals surface area contributed by atoms with E-state index in [4.69, 9.17) is 37.4 Å². The van der Waals surface area contributed by atoms with E-state index in [1.165, 1.54) is 0 Å². The number of halogens is 4. The molecule has 2 aliphatic heterocycles. The molecule has 0 radical (unpaired) electrons. The first-order chi connectivity index (χ1) is 19.1. The van der Waals surface area contributed by atoms with E-state index in [1.807, 2.05) is 39.9 Å². The molecule has 1 aromatic heterocycles. The third-order valence-corrected chi connectivity index (χ3v) is 9.13. The molecule has 0 N–H and O–H groups in total. The van der Waals surface area contributed by atoms with Gasteiger partial charge in [0.25, 0.3) is 6.43 Å². The van der Waals surface area contributed by atoms with E-state index in [-0.39, 0.29) is 32.4 Å². The van der Waals surface area contributed by atoms with Gasteiger partial charge >= 0.3 is 0 Å². The second-order valence-corrected chi connectivity index (χ2v) is 12.4. The van der Waals surface area contributed by atoms with Gasteiger partial charge in [0.1, 0.15) is 24.2 Å². The number of hydrogen-bond acceptors (Lipinski definition) is 7. The van der Waals surface area contributed by atoms with Crippen molar-refractivity contribution in [3.8, 4) is 5.75 Å². The van der Waals surface area contributed by atoms with E-state index in [2.05, 4.69) is 4.98 Å². The minimum absolute atomic E-state index is 0.158. The lowest BCUT2D eigenvalue weighted by Crippen LogP contribution is -2.49. The van der Waals surface area contributed by atoms with Crippen LogP contribution in [0.5, 0.6) is 5.75 Å². The average Bonchev–Trinajstić information content (AvgIpc) is 3.58. The predicted molar refractivity (Wildman–Crippen MR) is 147 cm³/mol. The molecular formula is C26H28Cl2F2N4O5S. The van der Waals surface area contributed by atoms with Gasteiger partial charge in [-0.3, -0.25) is 0 Å². The number of nitrogens with zero attached hydrogens (tertiary/aromatic N) is 4. The molecule has 40 heavy (non-hydrogen) atoms. The maximum absolute atomic E-state index is 12.6. The number of aromatic nitrogens is 2. The molecule has 2 atom stereocenters. The molecule has 2 aliphatic rings. The number of hydrogen-bond donors (Lipinski definition) is 0. The van der Waals surface area contributed by atoms with E-state index in [9.17, 15) is 17.2 Å². The largest absolute Gasteiger partial charge is 0.491 e. The standard InChI is InChI=1S/C26H28Cl2F2N4O5S/c27-19-1-6-23(24(28)13-19)26(17-32-8-7-31-18-32)38-15-22(39-26)14-37-21-4-2-20(3-5-21)33-9-11-34(12-10-33)40(35,36)16-25(29)30/h1-8,13,18,22,25H,9-12,14-17H2/t22-,26-/m1/s1. The summed E-state index contributed by atoms with van der Waals surface area (Å²) in [6.07, 6.45) is 1.89. The molecule has 3 aromatic rings. The van der Waals surface area contributed by atoms with E-state index in [0.29, 0.717) is 41.0 Å². The van der Waals surface area contributed by atoms with E-state index in [1.54, 1.807) is 30.7 Å². The average molecular weight is 618 g/mol. The van der Waals surface area contributed by atoms with Crippen LogP contribution in [0, 0.1) is 0 Å². The number of rotatable bonds is 10. The summed E-state index contributed by atoms with van der Waals surface area (Å²) >= 11 is 12.6. The fourth-order valence-corrected chi connectivity index (χ4v) is 6.61. The number of ether oxygens (including phenoxy) is 3. The summed E-state index contributed by atoms with van der Waals surface area (Å²) in [5.41, 5.74) is 1.54. The summed E-state index contributed by atoms with van der Waals surface area (Å²) in [6.45, 7) is 1.97. The Balaban J connectivity index is 1.18. The van der Waals surface area contributed by atoms with Gasteiger partial charge in [-0.25, -0.2) is 22.2 Å². The van der Waals surface area contributed by atoms with Gasteiger partial charge in [0.2, 0.25) is 15.8 Å². The van der Waals surface area contributed by atoms with Crippen LogP contribution in [0.25, 0.3) is 0 Å². The monoisotopic (exact) mass is 616 g/mol. The molecule has 2 saturated heterocycles. The van der Waals surface area contributed by atoms with Crippen molar-refractivity contribution in [3.05, 3.63) is 76.8 Å². The maximum Gasteiger partial charge on any atom is 0.253 e. The van der Waals surface area contributed by atoms with Crippen LogP contribution in [0.1, 0.15) is 5.56 Å². The van der Waals surface area contributed by atoms with Crippen LogP contribution in [-0.2, 0) is 31.8 Å². The van der Waals surface area contributed by atoms with E-state index >= 15 is 0 Å². The Kier molecular flexibility index (Phi) is 8.83. The first-order valence-electron chi connectivity index (χ1n) is 12.6. The Hall–Kier alpha value is -2.48. The molecule has 0 saturated carbocycles. The van der Waals surface area contributed by atoms with Crippen LogP contribution >= 0.6 is 23.2 Å². The molecule has 14 heteroatoms. The molecule has 9 nitrogen and oxygen atoms in total. The first kappa shape index (κ1) is 29.0. The van der Waals surface area contributed by atoms with Crippen LogP contribution in [-0.4, -0.2) is 79.9 Å². The minimum atomic E-state index is -3.96. The second-order valence-electron chi connectivity index (χ2n) is 9.52. The Morgan fingerprint density at radius 3 is 2.50 bits per heavy atom. The van der Waals surface area contributed by atoms with Gasteiger partial charge in [0.05, 0.1) is 24.5 Å². The minimum Gasteiger partial charge on any atom is -0.491 e. The summed E-state index contributed by atoms with van der Waals surface area (Å²) in [6, 6.07) is 12.6. The molecule has 216 valence electrons. The molecule has 5 rings (SSSR count). The summed E-state index contributed by atoms with van der Waals surface area (Å²) in [4.78, 5) is 6.11. The summed E-state index contributed by atoms with van der Waals surface area (Å²) in [7, 11) is -3.96. The molecular weight excluding hydrogens is 589 g/mol. The molecule has 0 spiro atoms. The molecule has 3 heterocycles. The first-order valence-corrected chi connectivity index (χ1v) is 15.0. The summed E-state index contributed by atoms with van der Waals surface area (Å²) < 4.78 is 70.9. The molecule has 0 aliphatic carbocycles. The number of piperazine rings is 1. The number of sulfonamides is 1. The van der Waals surface area contributed by atoms with Gasteiger partial charge in [-0.1, -0.05) is 29.3 Å². The fraction of sp³-hybridized carbons (Fsp3) is 0.423.